The van der Waals surface area contributed by atoms with E-state index in [1.807, 2.05) is 0 Å². The number of ketones is 1. The average Bonchev–Trinajstić information content (AvgIpc) is 2.44. The summed E-state index contributed by atoms with van der Waals surface area (Å²) in [6.45, 7) is 5.67. The predicted molar refractivity (Wildman–Crippen MR) is 82.1 cm³/mol. The number of fused-ring (bicyclic) bond motifs is 1. The van der Waals surface area contributed by atoms with Gasteiger partial charge in [-0.15, -0.1) is 0 Å². The second kappa shape index (κ2) is 5.87. The van der Waals surface area contributed by atoms with Gasteiger partial charge in [0.1, 0.15) is 17.1 Å². The van der Waals surface area contributed by atoms with Crippen LogP contribution in [0.1, 0.15) is 37.6 Å². The van der Waals surface area contributed by atoms with E-state index >= 15 is 0 Å². The van der Waals surface area contributed by atoms with E-state index in [0.29, 0.717) is 22.7 Å². The molecule has 1 aliphatic heterocycles. The van der Waals surface area contributed by atoms with Crippen molar-refractivity contribution in [1.29, 1.82) is 0 Å². The second-order valence-corrected chi connectivity index (χ2v) is 6.03. The van der Waals surface area contributed by atoms with E-state index in [1.54, 1.807) is 32.9 Å². The molecule has 0 atom stereocenters. The molecule has 1 aromatic rings. The maximum absolute atomic E-state index is 12.4. The van der Waals surface area contributed by atoms with E-state index in [1.165, 1.54) is 19.1 Å². The third-order valence-corrected chi connectivity index (χ3v) is 3.26. The number of carbonyl (C=O) groups excluding carboxylic acids is 2. The summed E-state index contributed by atoms with van der Waals surface area (Å²) in [5, 5.41) is 0. The van der Waals surface area contributed by atoms with Crippen molar-refractivity contribution in [1.82, 2.24) is 0 Å². The van der Waals surface area contributed by atoms with Crippen LogP contribution < -0.4 is 14.4 Å². The maximum Gasteiger partial charge on any atom is 0.414 e. The molecule has 22 heavy (non-hydrogen) atoms. The first-order valence-corrected chi connectivity index (χ1v) is 7.06. The lowest BCUT2D eigenvalue weighted by Gasteiger charge is -2.31. The highest BCUT2D eigenvalue weighted by molar-refractivity contribution is 6.10. The van der Waals surface area contributed by atoms with Crippen LogP contribution in [0.15, 0.2) is 12.1 Å². The average molecular weight is 307 g/mol. The summed E-state index contributed by atoms with van der Waals surface area (Å²) >= 11 is 0. The van der Waals surface area contributed by atoms with Gasteiger partial charge in [0.25, 0.3) is 0 Å². The zero-order chi connectivity index (χ0) is 16.5. The van der Waals surface area contributed by atoms with Gasteiger partial charge in [-0.05, 0) is 20.8 Å². The third-order valence-electron chi connectivity index (χ3n) is 3.26. The van der Waals surface area contributed by atoms with Gasteiger partial charge in [0.2, 0.25) is 0 Å². The van der Waals surface area contributed by atoms with Crippen LogP contribution in [0, 0.1) is 0 Å². The summed E-state index contributed by atoms with van der Waals surface area (Å²) in [6.07, 6.45) is -0.258. The molecule has 1 aliphatic rings. The molecule has 0 unspecified atom stereocenters. The number of Topliss-reactive ketones (excluding diaryl/α,β-unsaturated/α-hetero) is 1. The van der Waals surface area contributed by atoms with Crippen LogP contribution in [0.4, 0.5) is 10.5 Å². The van der Waals surface area contributed by atoms with Gasteiger partial charge in [0.15, 0.2) is 5.78 Å². The number of hydrogen-bond donors (Lipinski definition) is 0. The summed E-state index contributed by atoms with van der Waals surface area (Å²) in [6, 6.07) is 3.29. The quantitative estimate of drug-likeness (QED) is 0.840. The molecule has 0 bridgehead atoms. The van der Waals surface area contributed by atoms with Gasteiger partial charge >= 0.3 is 6.09 Å². The smallest absolute Gasteiger partial charge is 0.414 e. The Balaban J connectivity index is 2.49. The molecule has 2 rings (SSSR count). The SMILES string of the molecule is COc1cc(OC)c2c(c1)N(C(=O)OC(C)(C)C)CCC2=O. The Bertz CT molecular complexity index is 603. The predicted octanol–water partition coefficient (Wildman–Crippen LogP) is 3.03. The zero-order valence-electron chi connectivity index (χ0n) is 13.6. The molecule has 0 saturated heterocycles. The molecule has 120 valence electrons. The fourth-order valence-corrected chi connectivity index (χ4v) is 2.31. The van der Waals surface area contributed by atoms with Crippen molar-refractivity contribution in [3.05, 3.63) is 17.7 Å². The van der Waals surface area contributed by atoms with Crippen molar-refractivity contribution in [3.8, 4) is 11.5 Å². The van der Waals surface area contributed by atoms with Crippen LogP contribution in [0.2, 0.25) is 0 Å². The Morgan fingerprint density at radius 1 is 1.18 bits per heavy atom. The van der Waals surface area contributed by atoms with Crippen LogP contribution in [0.3, 0.4) is 0 Å². The Kier molecular flexibility index (Phi) is 4.30. The number of amides is 1. The number of hydrogen-bond acceptors (Lipinski definition) is 5. The summed E-state index contributed by atoms with van der Waals surface area (Å²) in [5.74, 6) is 0.848. The summed E-state index contributed by atoms with van der Waals surface area (Å²) in [7, 11) is 3.00. The maximum atomic E-state index is 12.4. The molecular formula is C16H21NO5. The first-order valence-electron chi connectivity index (χ1n) is 7.06. The van der Waals surface area contributed by atoms with Gasteiger partial charge in [-0.2, -0.15) is 0 Å². The van der Waals surface area contributed by atoms with Crippen molar-refractivity contribution in [2.24, 2.45) is 0 Å². The first kappa shape index (κ1) is 16.1. The Hall–Kier alpha value is -2.24. The van der Waals surface area contributed by atoms with Gasteiger partial charge in [-0.25, -0.2) is 4.79 Å². The molecule has 0 aliphatic carbocycles. The van der Waals surface area contributed by atoms with Crippen LogP contribution in [0.25, 0.3) is 0 Å². The van der Waals surface area contributed by atoms with Gasteiger partial charge in [0.05, 0.1) is 25.5 Å². The van der Waals surface area contributed by atoms with E-state index in [2.05, 4.69) is 0 Å². The zero-order valence-corrected chi connectivity index (χ0v) is 13.6. The van der Waals surface area contributed by atoms with Crippen LogP contribution >= 0.6 is 0 Å². The minimum Gasteiger partial charge on any atom is -0.497 e. The van der Waals surface area contributed by atoms with Crippen molar-refractivity contribution >= 4 is 17.6 Å². The number of anilines is 1. The minimum atomic E-state index is -0.609. The highest BCUT2D eigenvalue weighted by Crippen LogP contribution is 2.38. The van der Waals surface area contributed by atoms with E-state index in [9.17, 15) is 9.59 Å². The molecule has 1 amide bonds. The molecule has 1 heterocycles. The molecule has 0 radical (unpaired) electrons. The molecule has 1 aromatic carbocycles. The Labute approximate surface area is 129 Å². The largest absolute Gasteiger partial charge is 0.497 e. The lowest BCUT2D eigenvalue weighted by atomic mass is 9.99. The topological polar surface area (TPSA) is 65.1 Å². The van der Waals surface area contributed by atoms with Gasteiger partial charge < -0.3 is 14.2 Å². The van der Waals surface area contributed by atoms with Crippen molar-refractivity contribution in [2.75, 3.05) is 25.7 Å². The summed E-state index contributed by atoms with van der Waals surface area (Å²) in [4.78, 5) is 26.1. The molecule has 0 spiro atoms. The number of benzene rings is 1. The van der Waals surface area contributed by atoms with Crippen LogP contribution in [-0.4, -0.2) is 38.2 Å². The van der Waals surface area contributed by atoms with Crippen molar-refractivity contribution in [3.63, 3.8) is 0 Å². The van der Waals surface area contributed by atoms with E-state index in [4.69, 9.17) is 14.2 Å². The van der Waals surface area contributed by atoms with Crippen molar-refractivity contribution in [2.45, 2.75) is 32.8 Å². The van der Waals surface area contributed by atoms with Gasteiger partial charge in [-0.3, -0.25) is 9.69 Å². The summed E-state index contributed by atoms with van der Waals surface area (Å²) < 4.78 is 15.9. The molecule has 0 saturated carbocycles. The number of nitrogens with zero attached hydrogens (tertiary/aromatic N) is 1. The lowest BCUT2D eigenvalue weighted by Crippen LogP contribution is -2.41. The Morgan fingerprint density at radius 3 is 2.41 bits per heavy atom. The standard InChI is InChI=1S/C16H21NO5/c1-16(2,3)22-15(19)17-7-6-12(18)14-11(17)8-10(20-4)9-13(14)21-5/h8-9H,6-7H2,1-5H3. The number of methoxy groups -OCH3 is 2. The first-order chi connectivity index (χ1) is 10.3. The number of rotatable bonds is 2. The van der Waals surface area contributed by atoms with E-state index < -0.39 is 11.7 Å². The molecule has 6 nitrogen and oxygen atoms in total. The molecule has 0 N–H and O–H groups in total. The molecule has 0 fully saturated rings. The van der Waals surface area contributed by atoms with Crippen LogP contribution in [-0.2, 0) is 4.74 Å². The highest BCUT2D eigenvalue weighted by Gasteiger charge is 2.33. The van der Waals surface area contributed by atoms with Gasteiger partial charge in [-0.1, -0.05) is 0 Å². The lowest BCUT2D eigenvalue weighted by molar-refractivity contribution is 0.0577. The van der Waals surface area contributed by atoms with Gasteiger partial charge in [0, 0.05) is 25.1 Å². The normalized spacial score (nSPS) is 14.4. The second-order valence-electron chi connectivity index (χ2n) is 6.03. The fourth-order valence-electron chi connectivity index (χ4n) is 2.31. The fraction of sp³-hybridized carbons (Fsp3) is 0.500. The monoisotopic (exact) mass is 307 g/mol. The molecule has 0 aromatic heterocycles. The molecule has 6 heteroatoms. The Morgan fingerprint density at radius 2 is 1.86 bits per heavy atom. The van der Waals surface area contributed by atoms with E-state index in [-0.39, 0.29) is 18.7 Å². The molecular weight excluding hydrogens is 286 g/mol. The minimum absolute atomic E-state index is 0.0608. The van der Waals surface area contributed by atoms with Crippen LogP contribution in [0.5, 0.6) is 11.5 Å². The number of ether oxygens (including phenoxy) is 3. The third kappa shape index (κ3) is 3.16. The number of carbonyl (C=O) groups is 2. The highest BCUT2D eigenvalue weighted by atomic mass is 16.6. The van der Waals surface area contributed by atoms with E-state index in [0.717, 1.165) is 0 Å². The van der Waals surface area contributed by atoms with Crippen molar-refractivity contribution < 1.29 is 23.8 Å². The summed E-state index contributed by atoms with van der Waals surface area (Å²) in [5.41, 5.74) is 0.240.